The van der Waals surface area contributed by atoms with Crippen LogP contribution in [0, 0.1) is 5.92 Å². The topological polar surface area (TPSA) is 23.5 Å². The average molecular weight is 215 g/mol. The summed E-state index contributed by atoms with van der Waals surface area (Å²) in [4.78, 5) is 2.34. The molecule has 16 heavy (non-hydrogen) atoms. The molecule has 0 spiro atoms. The van der Waals surface area contributed by atoms with Crippen LogP contribution in [0.25, 0.3) is 5.57 Å². The summed E-state index contributed by atoms with van der Waals surface area (Å²) in [5.74, 6) is 0.579. The first-order valence-corrected chi connectivity index (χ1v) is 5.90. The number of aliphatic hydroxyl groups is 1. The van der Waals surface area contributed by atoms with E-state index >= 15 is 0 Å². The lowest BCUT2D eigenvalue weighted by molar-refractivity contribution is 0.212. The van der Waals surface area contributed by atoms with Gasteiger partial charge in [-0.2, -0.15) is 0 Å². The molecule has 0 bridgehead atoms. The van der Waals surface area contributed by atoms with Gasteiger partial charge >= 0.3 is 0 Å². The Morgan fingerprint density at radius 3 is 2.75 bits per heavy atom. The number of likely N-dealkylation sites (N-methyl/N-ethyl adjacent to an activating group) is 1. The number of benzene rings is 1. The lowest BCUT2D eigenvalue weighted by Crippen LogP contribution is -2.17. The molecule has 2 heteroatoms. The normalized spacial score (nSPS) is 29.9. The summed E-state index contributed by atoms with van der Waals surface area (Å²) in [6, 6.07) is 10.3. The van der Waals surface area contributed by atoms with Crippen LogP contribution in [-0.2, 0) is 0 Å². The maximum atomic E-state index is 10.2. The monoisotopic (exact) mass is 215 g/mol. The van der Waals surface area contributed by atoms with Crippen LogP contribution >= 0.6 is 0 Å². The van der Waals surface area contributed by atoms with E-state index in [1.54, 1.807) is 0 Å². The fraction of sp³-hybridized carbons (Fsp3) is 0.429. The van der Waals surface area contributed by atoms with Gasteiger partial charge in [0.1, 0.15) is 0 Å². The van der Waals surface area contributed by atoms with Gasteiger partial charge < -0.3 is 10.0 Å². The van der Waals surface area contributed by atoms with Crippen molar-refractivity contribution in [3.8, 4) is 0 Å². The molecule has 0 unspecified atom stereocenters. The Hall–Kier alpha value is -1.12. The number of fused-ring (bicyclic) bond motifs is 1. The van der Waals surface area contributed by atoms with E-state index in [-0.39, 0.29) is 6.10 Å². The van der Waals surface area contributed by atoms with E-state index in [4.69, 9.17) is 0 Å². The molecule has 0 amide bonds. The van der Waals surface area contributed by atoms with Gasteiger partial charge in [-0.3, -0.25) is 0 Å². The molecule has 84 valence electrons. The minimum Gasteiger partial charge on any atom is -0.388 e. The number of aliphatic hydroxyl groups excluding tert-OH is 1. The average Bonchev–Trinajstić information content (AvgIpc) is 2.74. The molecule has 1 heterocycles. The third kappa shape index (κ3) is 1.49. The van der Waals surface area contributed by atoms with Crippen molar-refractivity contribution in [3.63, 3.8) is 0 Å². The SMILES string of the molecule is CN1CC2=C(c3ccccc3)[C@@H](O)C[C@H]2C1. The number of nitrogens with zero attached hydrogens (tertiary/aromatic N) is 1. The maximum absolute atomic E-state index is 10.2. The molecule has 1 aromatic rings. The fourth-order valence-corrected chi connectivity index (χ4v) is 3.09. The van der Waals surface area contributed by atoms with Crippen molar-refractivity contribution in [1.29, 1.82) is 0 Å². The summed E-state index contributed by atoms with van der Waals surface area (Å²) < 4.78 is 0. The van der Waals surface area contributed by atoms with Gasteiger partial charge in [0.2, 0.25) is 0 Å². The van der Waals surface area contributed by atoms with Gasteiger partial charge in [-0.25, -0.2) is 0 Å². The highest BCUT2D eigenvalue weighted by Crippen LogP contribution is 2.41. The van der Waals surface area contributed by atoms with Gasteiger partial charge in [0.25, 0.3) is 0 Å². The summed E-state index contributed by atoms with van der Waals surface area (Å²) in [5.41, 5.74) is 3.85. The smallest absolute Gasteiger partial charge is 0.0802 e. The first kappa shape index (κ1) is 10.1. The molecule has 1 aliphatic carbocycles. The third-order valence-corrected chi connectivity index (χ3v) is 3.74. The van der Waals surface area contributed by atoms with Crippen LogP contribution in [0.15, 0.2) is 35.9 Å². The third-order valence-electron chi connectivity index (χ3n) is 3.74. The highest BCUT2D eigenvalue weighted by atomic mass is 16.3. The Balaban J connectivity index is 2.05. The van der Waals surface area contributed by atoms with Gasteiger partial charge in [0.15, 0.2) is 0 Å². The van der Waals surface area contributed by atoms with Gasteiger partial charge in [-0.1, -0.05) is 30.3 Å². The van der Waals surface area contributed by atoms with E-state index in [1.807, 2.05) is 18.2 Å². The first-order valence-electron chi connectivity index (χ1n) is 5.90. The van der Waals surface area contributed by atoms with Crippen molar-refractivity contribution in [2.75, 3.05) is 20.1 Å². The van der Waals surface area contributed by atoms with E-state index in [1.165, 1.54) is 16.7 Å². The van der Waals surface area contributed by atoms with E-state index in [9.17, 15) is 5.11 Å². The molecular formula is C14H17NO. The molecule has 1 saturated heterocycles. The Bertz CT molecular complexity index is 424. The maximum Gasteiger partial charge on any atom is 0.0802 e. The number of hydrogen-bond donors (Lipinski definition) is 1. The highest BCUT2D eigenvalue weighted by molar-refractivity contribution is 5.75. The van der Waals surface area contributed by atoms with Crippen LogP contribution in [0.2, 0.25) is 0 Å². The molecular weight excluding hydrogens is 198 g/mol. The van der Waals surface area contributed by atoms with Crippen molar-refractivity contribution in [2.24, 2.45) is 5.92 Å². The number of likely N-dealkylation sites (tertiary alicyclic amines) is 1. The Labute approximate surface area is 96.2 Å². The Morgan fingerprint density at radius 2 is 2.00 bits per heavy atom. The number of hydrogen-bond acceptors (Lipinski definition) is 2. The summed E-state index contributed by atoms with van der Waals surface area (Å²) in [7, 11) is 2.15. The second kappa shape index (κ2) is 3.72. The zero-order chi connectivity index (χ0) is 11.1. The molecule has 1 aromatic carbocycles. The molecule has 0 aromatic heterocycles. The van der Waals surface area contributed by atoms with Crippen molar-refractivity contribution in [1.82, 2.24) is 4.90 Å². The van der Waals surface area contributed by atoms with Gasteiger partial charge in [0.05, 0.1) is 6.10 Å². The van der Waals surface area contributed by atoms with E-state index in [0.29, 0.717) is 5.92 Å². The predicted molar refractivity (Wildman–Crippen MR) is 65.0 cm³/mol. The summed E-state index contributed by atoms with van der Waals surface area (Å²) in [6.45, 7) is 2.12. The van der Waals surface area contributed by atoms with Crippen LogP contribution in [0.1, 0.15) is 12.0 Å². The zero-order valence-corrected chi connectivity index (χ0v) is 9.56. The minimum absolute atomic E-state index is 0.254. The highest BCUT2D eigenvalue weighted by Gasteiger charge is 2.37. The lowest BCUT2D eigenvalue weighted by Gasteiger charge is -2.13. The zero-order valence-electron chi connectivity index (χ0n) is 9.56. The molecule has 2 atom stereocenters. The van der Waals surface area contributed by atoms with Gasteiger partial charge in [-0.05, 0) is 36.1 Å². The van der Waals surface area contributed by atoms with Crippen LogP contribution in [0.5, 0.6) is 0 Å². The minimum atomic E-state index is -0.254. The quantitative estimate of drug-likeness (QED) is 0.771. The van der Waals surface area contributed by atoms with Crippen LogP contribution < -0.4 is 0 Å². The Morgan fingerprint density at radius 1 is 1.25 bits per heavy atom. The standard InChI is InChI=1S/C14H17NO/c1-15-8-11-7-13(16)14(12(11)9-15)10-5-3-2-4-6-10/h2-6,11,13,16H,7-9H2,1H3/t11-,13-/m0/s1. The second-order valence-corrected chi connectivity index (χ2v) is 4.95. The lowest BCUT2D eigenvalue weighted by atomic mass is 10.00. The summed E-state index contributed by atoms with van der Waals surface area (Å²) in [6.07, 6.45) is 0.653. The molecule has 0 radical (unpaired) electrons. The summed E-state index contributed by atoms with van der Waals surface area (Å²) >= 11 is 0. The molecule has 3 rings (SSSR count). The molecule has 0 saturated carbocycles. The van der Waals surface area contributed by atoms with Crippen molar-refractivity contribution in [3.05, 3.63) is 41.5 Å². The van der Waals surface area contributed by atoms with Crippen LogP contribution in [0.3, 0.4) is 0 Å². The van der Waals surface area contributed by atoms with Crippen LogP contribution in [-0.4, -0.2) is 36.2 Å². The van der Waals surface area contributed by atoms with E-state index in [0.717, 1.165) is 19.5 Å². The molecule has 2 nitrogen and oxygen atoms in total. The first-order chi connectivity index (χ1) is 7.75. The predicted octanol–water partition coefficient (Wildman–Crippen LogP) is 1.77. The summed E-state index contributed by atoms with van der Waals surface area (Å²) in [5, 5.41) is 10.2. The van der Waals surface area contributed by atoms with Crippen molar-refractivity contribution in [2.45, 2.75) is 12.5 Å². The second-order valence-electron chi connectivity index (χ2n) is 4.95. The van der Waals surface area contributed by atoms with E-state index in [2.05, 4.69) is 24.1 Å². The number of rotatable bonds is 1. The van der Waals surface area contributed by atoms with E-state index < -0.39 is 0 Å². The molecule has 2 aliphatic rings. The molecule has 1 fully saturated rings. The van der Waals surface area contributed by atoms with Gasteiger partial charge in [-0.15, -0.1) is 0 Å². The van der Waals surface area contributed by atoms with Crippen LogP contribution in [0.4, 0.5) is 0 Å². The van der Waals surface area contributed by atoms with Crippen molar-refractivity contribution < 1.29 is 5.11 Å². The molecule has 1 N–H and O–H groups in total. The van der Waals surface area contributed by atoms with Gasteiger partial charge in [0, 0.05) is 13.1 Å². The molecule has 1 aliphatic heterocycles. The fourth-order valence-electron chi connectivity index (χ4n) is 3.09. The Kier molecular flexibility index (Phi) is 2.34. The largest absolute Gasteiger partial charge is 0.388 e. The van der Waals surface area contributed by atoms with Crippen molar-refractivity contribution >= 4 is 5.57 Å².